The van der Waals surface area contributed by atoms with Gasteiger partial charge in [0.2, 0.25) is 5.95 Å². The Morgan fingerprint density at radius 1 is 0.909 bits per heavy atom. The Kier molecular flexibility index (Phi) is 9.74. The largest absolute Gasteiger partial charge is 0.378 e. The molecule has 228 valence electrons. The van der Waals surface area contributed by atoms with Gasteiger partial charge in [0, 0.05) is 36.5 Å². The molecule has 3 aromatic heterocycles. The molecule has 13 heteroatoms. The fourth-order valence-electron chi connectivity index (χ4n) is 4.61. The minimum atomic E-state index is -3.74. The molecule has 44 heavy (non-hydrogen) atoms. The number of halogens is 1. The van der Waals surface area contributed by atoms with Crippen LogP contribution in [0.5, 0.6) is 0 Å². The summed E-state index contributed by atoms with van der Waals surface area (Å²) in [6.45, 7) is 7.24. The number of nitrogens with zero attached hydrogens (tertiary/aromatic N) is 5. The summed E-state index contributed by atoms with van der Waals surface area (Å²) in [4.78, 5) is 22.1. The first-order valence-corrected chi connectivity index (χ1v) is 16.2. The molecule has 6 rings (SSSR count). The molecular formula is C31H32ClN7O3S2. The van der Waals surface area contributed by atoms with Gasteiger partial charge >= 0.3 is 0 Å². The summed E-state index contributed by atoms with van der Waals surface area (Å²) in [6, 6.07) is 21.4. The van der Waals surface area contributed by atoms with Gasteiger partial charge in [0.05, 0.1) is 51.3 Å². The lowest BCUT2D eigenvalue weighted by atomic mass is 10.1. The van der Waals surface area contributed by atoms with Crippen molar-refractivity contribution in [3.05, 3.63) is 90.2 Å². The number of morpholine rings is 1. The maximum atomic E-state index is 13.0. The van der Waals surface area contributed by atoms with Crippen molar-refractivity contribution >= 4 is 56.9 Å². The second kappa shape index (κ2) is 13.7. The highest BCUT2D eigenvalue weighted by molar-refractivity contribution is 7.92. The molecule has 1 aliphatic heterocycles. The van der Waals surface area contributed by atoms with E-state index in [1.807, 2.05) is 30.3 Å². The van der Waals surface area contributed by atoms with Crippen molar-refractivity contribution in [1.82, 2.24) is 19.9 Å². The molecule has 10 nitrogen and oxygen atoms in total. The molecule has 0 unspecified atom stereocenters. The Morgan fingerprint density at radius 3 is 2.43 bits per heavy atom. The standard InChI is InChI=1S/C31H31N7O3S2.ClH/c1-21(2)30-36-28(22-7-6-8-23(19-22)37-43(39,40)25-9-4-3-5-10-25)29(42-30)26-13-14-32-31(35-26)34-24-11-12-27(33-20-24)38-15-17-41-18-16-38;/h3-14,19-21,37H,15-18H2,1-2H3,(H,32,34,35);1H. The average molecular weight is 650 g/mol. The number of hydrogen-bond donors (Lipinski definition) is 2. The predicted octanol–water partition coefficient (Wildman–Crippen LogP) is 6.59. The van der Waals surface area contributed by atoms with Crippen LogP contribution in [0.1, 0.15) is 24.8 Å². The molecule has 0 atom stereocenters. The van der Waals surface area contributed by atoms with Gasteiger partial charge in [-0.1, -0.05) is 44.2 Å². The summed E-state index contributed by atoms with van der Waals surface area (Å²) in [5, 5.41) is 4.22. The van der Waals surface area contributed by atoms with Crippen LogP contribution in [-0.4, -0.2) is 54.7 Å². The van der Waals surface area contributed by atoms with E-state index >= 15 is 0 Å². The Morgan fingerprint density at radius 2 is 1.70 bits per heavy atom. The van der Waals surface area contributed by atoms with Crippen LogP contribution >= 0.6 is 23.7 Å². The molecule has 1 fully saturated rings. The van der Waals surface area contributed by atoms with Crippen molar-refractivity contribution < 1.29 is 13.2 Å². The third kappa shape index (κ3) is 7.16. The van der Waals surface area contributed by atoms with Gasteiger partial charge in [-0.3, -0.25) is 4.72 Å². The Labute approximate surface area is 267 Å². The molecule has 0 bridgehead atoms. The van der Waals surface area contributed by atoms with Gasteiger partial charge in [0.15, 0.2) is 0 Å². The minimum Gasteiger partial charge on any atom is -0.378 e. The van der Waals surface area contributed by atoms with E-state index in [2.05, 4.69) is 38.8 Å². The number of benzene rings is 2. The summed E-state index contributed by atoms with van der Waals surface area (Å²) in [5.41, 5.74) is 3.45. The van der Waals surface area contributed by atoms with Crippen LogP contribution in [0, 0.1) is 0 Å². The number of aromatic nitrogens is 4. The monoisotopic (exact) mass is 649 g/mol. The number of sulfonamides is 1. The number of pyridine rings is 1. The number of hydrogen-bond acceptors (Lipinski definition) is 10. The summed E-state index contributed by atoms with van der Waals surface area (Å²) < 4.78 is 34.0. The van der Waals surface area contributed by atoms with Crippen LogP contribution in [0.4, 0.5) is 23.1 Å². The maximum absolute atomic E-state index is 13.0. The normalized spacial score (nSPS) is 13.4. The van der Waals surface area contributed by atoms with Gasteiger partial charge in [0.25, 0.3) is 10.0 Å². The minimum absolute atomic E-state index is 0. The van der Waals surface area contributed by atoms with Crippen LogP contribution in [0.2, 0.25) is 0 Å². The van der Waals surface area contributed by atoms with Gasteiger partial charge in [0.1, 0.15) is 5.82 Å². The van der Waals surface area contributed by atoms with Crippen molar-refractivity contribution in [2.45, 2.75) is 24.7 Å². The van der Waals surface area contributed by atoms with Crippen LogP contribution in [-0.2, 0) is 14.8 Å². The number of rotatable bonds is 9. The molecule has 2 N–H and O–H groups in total. The number of ether oxygens (including phenoxy) is 1. The zero-order valence-corrected chi connectivity index (χ0v) is 26.6. The SMILES string of the molecule is CC(C)c1nc(-c2cccc(NS(=O)(=O)c3ccccc3)c2)c(-c2ccnc(Nc3ccc(N4CCOCC4)nc3)n2)s1.Cl. The number of anilines is 4. The Bertz CT molecular complexity index is 1810. The van der Waals surface area contributed by atoms with E-state index < -0.39 is 10.0 Å². The van der Waals surface area contributed by atoms with E-state index in [4.69, 9.17) is 14.7 Å². The van der Waals surface area contributed by atoms with Crippen molar-refractivity contribution in [2.24, 2.45) is 0 Å². The van der Waals surface area contributed by atoms with Crippen LogP contribution in [0.25, 0.3) is 21.8 Å². The number of nitrogens with one attached hydrogen (secondary N) is 2. The molecule has 0 amide bonds. The maximum Gasteiger partial charge on any atom is 0.261 e. The van der Waals surface area contributed by atoms with E-state index in [0.29, 0.717) is 30.5 Å². The zero-order chi connectivity index (χ0) is 29.8. The van der Waals surface area contributed by atoms with Crippen LogP contribution in [0.3, 0.4) is 0 Å². The first kappa shape index (κ1) is 31.3. The molecule has 5 aromatic rings. The van der Waals surface area contributed by atoms with Gasteiger partial charge in [-0.05, 0) is 42.5 Å². The van der Waals surface area contributed by atoms with E-state index in [1.165, 1.54) is 0 Å². The first-order chi connectivity index (χ1) is 20.9. The van der Waals surface area contributed by atoms with Crippen LogP contribution < -0.4 is 14.9 Å². The molecule has 1 aliphatic rings. The second-order valence-corrected chi connectivity index (χ2v) is 13.0. The quantitative estimate of drug-likeness (QED) is 0.182. The lowest BCUT2D eigenvalue weighted by Gasteiger charge is -2.27. The zero-order valence-electron chi connectivity index (χ0n) is 24.2. The van der Waals surface area contributed by atoms with Crippen molar-refractivity contribution in [3.8, 4) is 21.8 Å². The molecule has 2 aromatic carbocycles. The summed E-state index contributed by atoms with van der Waals surface area (Å²) in [7, 11) is -3.74. The molecule has 1 saturated heterocycles. The lowest BCUT2D eigenvalue weighted by molar-refractivity contribution is 0.122. The number of thiazole rings is 1. The smallest absolute Gasteiger partial charge is 0.261 e. The van der Waals surface area contributed by atoms with Crippen molar-refractivity contribution in [2.75, 3.05) is 41.2 Å². The molecule has 0 aliphatic carbocycles. The molecule has 0 saturated carbocycles. The van der Waals surface area contributed by atoms with E-state index in [1.54, 1.807) is 66.2 Å². The van der Waals surface area contributed by atoms with E-state index in [0.717, 1.165) is 45.7 Å². The molecule has 4 heterocycles. The van der Waals surface area contributed by atoms with Crippen LogP contribution in [0.15, 0.2) is 90.1 Å². The molecular weight excluding hydrogens is 618 g/mol. The fraction of sp³-hybridized carbons (Fsp3) is 0.226. The van der Waals surface area contributed by atoms with E-state index in [-0.39, 0.29) is 23.2 Å². The average Bonchev–Trinajstić information content (AvgIpc) is 3.49. The topological polar surface area (TPSA) is 122 Å². The highest BCUT2D eigenvalue weighted by Gasteiger charge is 2.20. The molecule has 0 radical (unpaired) electrons. The van der Waals surface area contributed by atoms with Crippen molar-refractivity contribution in [1.29, 1.82) is 0 Å². The summed E-state index contributed by atoms with van der Waals surface area (Å²) in [6.07, 6.45) is 3.49. The summed E-state index contributed by atoms with van der Waals surface area (Å²) in [5.74, 6) is 1.55. The summed E-state index contributed by atoms with van der Waals surface area (Å²) >= 11 is 1.57. The first-order valence-electron chi connectivity index (χ1n) is 13.9. The predicted molar refractivity (Wildman–Crippen MR) is 178 cm³/mol. The van der Waals surface area contributed by atoms with E-state index in [9.17, 15) is 8.42 Å². The van der Waals surface area contributed by atoms with Gasteiger partial charge in [-0.15, -0.1) is 23.7 Å². The van der Waals surface area contributed by atoms with Gasteiger partial charge in [-0.25, -0.2) is 28.4 Å². The third-order valence-electron chi connectivity index (χ3n) is 6.81. The Balaban J connectivity index is 0.00000384. The van der Waals surface area contributed by atoms with Crippen molar-refractivity contribution in [3.63, 3.8) is 0 Å². The van der Waals surface area contributed by atoms with Gasteiger partial charge < -0.3 is 15.0 Å². The lowest BCUT2D eigenvalue weighted by Crippen LogP contribution is -2.36. The highest BCUT2D eigenvalue weighted by atomic mass is 35.5. The Hall–Kier alpha value is -4.10. The highest BCUT2D eigenvalue weighted by Crippen LogP contribution is 2.39. The second-order valence-electron chi connectivity index (χ2n) is 10.3. The van der Waals surface area contributed by atoms with Gasteiger partial charge in [-0.2, -0.15) is 0 Å². The molecule has 0 spiro atoms. The fourth-order valence-corrected chi connectivity index (χ4v) is 6.74. The third-order valence-corrected chi connectivity index (χ3v) is 9.58.